The molecule has 0 atom stereocenters. The normalized spacial score (nSPS) is 12.1. The number of halogens is 6. The predicted molar refractivity (Wildman–Crippen MR) is 223 cm³/mol. The fraction of sp³-hybridized carbons (Fsp3) is 0.0800. The second-order valence-corrected chi connectivity index (χ2v) is 14.6. The molecule has 0 fully saturated rings. The fourth-order valence-corrected chi connectivity index (χ4v) is 7.75. The molecule has 9 aromatic rings. The van der Waals surface area contributed by atoms with Crippen molar-refractivity contribution < 1.29 is 26.3 Å². The van der Waals surface area contributed by atoms with Gasteiger partial charge in [0.15, 0.2) is 5.82 Å². The van der Waals surface area contributed by atoms with Crippen LogP contribution in [-0.4, -0.2) is 14.5 Å². The Morgan fingerprint density at radius 1 is 0.407 bits per heavy atom. The molecular weight excluding hydrogens is 757 g/mol. The Balaban J connectivity index is 1.45. The summed E-state index contributed by atoms with van der Waals surface area (Å²) in [5.41, 5.74) is 6.37. The van der Waals surface area contributed by atoms with Crippen molar-refractivity contribution in [3.05, 3.63) is 186 Å². The van der Waals surface area contributed by atoms with Crippen LogP contribution in [0.5, 0.6) is 0 Å². The molecule has 9 rings (SSSR count). The van der Waals surface area contributed by atoms with E-state index in [1.807, 2.05) is 115 Å². The second kappa shape index (κ2) is 14.4. The smallest absolute Gasteiger partial charge is 0.308 e. The van der Waals surface area contributed by atoms with E-state index < -0.39 is 23.5 Å². The largest absolute Gasteiger partial charge is 0.416 e. The van der Waals surface area contributed by atoms with Crippen LogP contribution in [-0.2, 0) is 12.4 Å². The van der Waals surface area contributed by atoms with E-state index in [0.717, 1.165) is 68.3 Å². The lowest BCUT2D eigenvalue weighted by Gasteiger charge is -2.22. The Morgan fingerprint density at radius 3 is 1.32 bits per heavy atom. The zero-order valence-corrected chi connectivity index (χ0v) is 31.7. The molecule has 0 saturated carbocycles. The number of nitrogens with zero attached hydrogens (tertiary/aromatic N) is 3. The molecule has 9 heteroatoms. The Labute approximate surface area is 335 Å². The van der Waals surface area contributed by atoms with E-state index in [-0.39, 0.29) is 11.1 Å². The lowest BCUT2D eigenvalue weighted by molar-refractivity contribution is -0.138. The first-order valence-corrected chi connectivity index (χ1v) is 18.9. The minimum atomic E-state index is -4.67. The van der Waals surface area contributed by atoms with Gasteiger partial charge in [-0.1, -0.05) is 108 Å². The lowest BCUT2D eigenvalue weighted by Crippen LogP contribution is -2.07. The molecular formula is C50H33F6N3. The van der Waals surface area contributed by atoms with Gasteiger partial charge in [-0.15, -0.1) is 0 Å². The van der Waals surface area contributed by atoms with Crippen LogP contribution in [0.2, 0.25) is 0 Å². The summed E-state index contributed by atoms with van der Waals surface area (Å²) in [4.78, 5) is 9.93. The van der Waals surface area contributed by atoms with Crippen LogP contribution in [0.3, 0.4) is 0 Å². The first kappa shape index (κ1) is 37.6. The van der Waals surface area contributed by atoms with Crippen LogP contribution < -0.4 is 0 Å². The molecule has 2 aromatic heterocycles. The van der Waals surface area contributed by atoms with Crippen LogP contribution in [0.15, 0.2) is 164 Å². The summed E-state index contributed by atoms with van der Waals surface area (Å²) in [6, 6.07) is 46.2. The Bertz CT molecular complexity index is 2840. The van der Waals surface area contributed by atoms with Gasteiger partial charge in [-0.25, -0.2) is 9.97 Å². The van der Waals surface area contributed by atoms with Gasteiger partial charge in [0.1, 0.15) is 0 Å². The van der Waals surface area contributed by atoms with Crippen molar-refractivity contribution in [1.82, 2.24) is 14.5 Å². The van der Waals surface area contributed by atoms with Crippen molar-refractivity contribution in [2.45, 2.75) is 26.2 Å². The first-order valence-electron chi connectivity index (χ1n) is 18.9. The number of hydrogen-bond donors (Lipinski definition) is 0. The summed E-state index contributed by atoms with van der Waals surface area (Å²) in [7, 11) is 0. The molecule has 290 valence electrons. The van der Waals surface area contributed by atoms with E-state index >= 15 is 0 Å². The Hall–Kier alpha value is -7.00. The molecule has 2 heterocycles. The first-order chi connectivity index (χ1) is 28.3. The third-order valence-corrected chi connectivity index (χ3v) is 10.5. The summed E-state index contributed by atoms with van der Waals surface area (Å²) in [5.74, 6) is 0.403. The molecule has 0 bridgehead atoms. The molecule has 3 nitrogen and oxygen atoms in total. The van der Waals surface area contributed by atoms with Crippen molar-refractivity contribution in [2.75, 3.05) is 0 Å². The number of fused-ring (bicyclic) bond motifs is 3. The van der Waals surface area contributed by atoms with E-state index in [1.54, 1.807) is 30.3 Å². The monoisotopic (exact) mass is 789 g/mol. The van der Waals surface area contributed by atoms with Gasteiger partial charge in [0.05, 0.1) is 39.2 Å². The van der Waals surface area contributed by atoms with Gasteiger partial charge in [0.25, 0.3) is 0 Å². The summed E-state index contributed by atoms with van der Waals surface area (Å²) >= 11 is 0. The number of alkyl halides is 6. The number of benzene rings is 7. The van der Waals surface area contributed by atoms with Gasteiger partial charge < -0.3 is 4.57 Å². The van der Waals surface area contributed by atoms with Gasteiger partial charge in [-0.3, -0.25) is 0 Å². The van der Waals surface area contributed by atoms with Crippen LogP contribution in [0.1, 0.15) is 22.3 Å². The van der Waals surface area contributed by atoms with Gasteiger partial charge in [0, 0.05) is 38.6 Å². The van der Waals surface area contributed by atoms with Crippen molar-refractivity contribution in [1.29, 1.82) is 0 Å². The van der Waals surface area contributed by atoms with E-state index in [1.165, 1.54) is 12.1 Å². The Morgan fingerprint density at radius 2 is 0.847 bits per heavy atom. The zero-order valence-electron chi connectivity index (χ0n) is 31.7. The topological polar surface area (TPSA) is 30.7 Å². The molecule has 59 heavy (non-hydrogen) atoms. The second-order valence-electron chi connectivity index (χ2n) is 14.6. The van der Waals surface area contributed by atoms with E-state index in [2.05, 4.69) is 0 Å². The molecule has 0 N–H and O–H groups in total. The number of hydrogen-bond acceptors (Lipinski definition) is 2. The number of aromatic nitrogens is 3. The Kier molecular flexibility index (Phi) is 9.19. The highest BCUT2D eigenvalue weighted by Gasteiger charge is 2.33. The third kappa shape index (κ3) is 7.14. The van der Waals surface area contributed by atoms with E-state index in [0.29, 0.717) is 39.6 Å². The fourth-order valence-electron chi connectivity index (χ4n) is 7.75. The van der Waals surface area contributed by atoms with Crippen molar-refractivity contribution in [3.63, 3.8) is 0 Å². The third-order valence-electron chi connectivity index (χ3n) is 10.5. The summed E-state index contributed by atoms with van der Waals surface area (Å²) < 4.78 is 88.8. The minimum absolute atomic E-state index is 0.222. The quantitative estimate of drug-likeness (QED) is 0.157. The molecule has 0 saturated heterocycles. The molecule has 0 aliphatic heterocycles. The van der Waals surface area contributed by atoms with Crippen molar-refractivity contribution in [3.8, 4) is 61.8 Å². The van der Waals surface area contributed by atoms with Crippen molar-refractivity contribution >= 4 is 21.8 Å². The lowest BCUT2D eigenvalue weighted by atomic mass is 9.90. The average Bonchev–Trinajstić information content (AvgIpc) is 3.55. The van der Waals surface area contributed by atoms with Crippen LogP contribution in [0.4, 0.5) is 26.3 Å². The molecule has 0 aliphatic rings. The van der Waals surface area contributed by atoms with Crippen LogP contribution in [0, 0.1) is 13.8 Å². The summed E-state index contributed by atoms with van der Waals surface area (Å²) in [6.45, 7) is 3.95. The average molecular weight is 790 g/mol. The standard InChI is InChI=1S/C50H33F6N3/c1-30-19-21-45-41(23-30)42-24-31(2)20-22-46(42)59(45)47-39(34-15-9-17-37(25-34)49(51,52)53)27-36(28-40(47)35-16-10-18-38(26-35)50(54,55)56)44-29-43(32-11-5-3-6-12-32)57-48(58-44)33-13-7-4-8-14-33/h3-29H,1-2H3. The molecule has 0 spiro atoms. The molecule has 7 aromatic carbocycles. The molecule has 0 unspecified atom stereocenters. The van der Waals surface area contributed by atoms with Crippen LogP contribution in [0.25, 0.3) is 83.6 Å². The van der Waals surface area contributed by atoms with Gasteiger partial charge >= 0.3 is 12.4 Å². The zero-order chi connectivity index (χ0) is 41.1. The highest BCUT2D eigenvalue weighted by molar-refractivity contribution is 6.11. The summed E-state index contributed by atoms with van der Waals surface area (Å²) in [6.07, 6.45) is -9.33. The molecule has 0 radical (unpaired) electrons. The SMILES string of the molecule is Cc1ccc2c(c1)c1cc(C)ccc1n2-c1c(-c2cccc(C(F)(F)F)c2)cc(-c2cc(-c3ccccc3)nc(-c3ccccc3)n2)cc1-c1cccc(C(F)(F)F)c1. The maximum atomic E-state index is 14.5. The van der Waals surface area contributed by atoms with E-state index in [9.17, 15) is 26.3 Å². The highest BCUT2D eigenvalue weighted by atomic mass is 19.4. The minimum Gasteiger partial charge on any atom is -0.308 e. The maximum absolute atomic E-state index is 14.5. The maximum Gasteiger partial charge on any atom is 0.416 e. The predicted octanol–water partition coefficient (Wildman–Crippen LogP) is 14.6. The summed E-state index contributed by atoms with van der Waals surface area (Å²) in [5, 5.41) is 1.79. The van der Waals surface area contributed by atoms with E-state index in [4.69, 9.17) is 9.97 Å². The molecule has 0 aliphatic carbocycles. The number of rotatable bonds is 6. The number of aryl methyl sites for hydroxylation is 2. The highest BCUT2D eigenvalue weighted by Crippen LogP contribution is 2.46. The van der Waals surface area contributed by atoms with Gasteiger partial charge in [-0.05, 0) is 91.7 Å². The van der Waals surface area contributed by atoms with Crippen LogP contribution >= 0.6 is 0 Å². The van der Waals surface area contributed by atoms with Gasteiger partial charge in [-0.2, -0.15) is 26.3 Å². The van der Waals surface area contributed by atoms with Gasteiger partial charge in [0.2, 0.25) is 0 Å². The van der Waals surface area contributed by atoms with Crippen molar-refractivity contribution in [2.24, 2.45) is 0 Å². The molecule has 0 amide bonds.